The van der Waals surface area contributed by atoms with Crippen molar-refractivity contribution in [2.45, 2.75) is 18.9 Å². The molecule has 7 nitrogen and oxygen atoms in total. The Bertz CT molecular complexity index is 445. The molecule has 0 radical (unpaired) electrons. The molecule has 1 amide bonds. The Hall–Kier alpha value is -2.18. The lowest BCUT2D eigenvalue weighted by atomic mass is 10.2. The van der Waals surface area contributed by atoms with Crippen LogP contribution < -0.4 is 10.6 Å². The molecule has 2 N–H and O–H groups in total. The molecule has 1 aromatic rings. The molecule has 0 unspecified atom stereocenters. The Morgan fingerprint density at radius 3 is 2.88 bits per heavy atom. The highest BCUT2D eigenvalue weighted by atomic mass is 16.6. The number of primary amides is 1. The van der Waals surface area contributed by atoms with Gasteiger partial charge in [-0.2, -0.15) is 0 Å². The Kier molecular flexibility index (Phi) is 2.90. The number of hydrogen-bond acceptors (Lipinski definition) is 5. The molecule has 0 spiro atoms. The van der Waals surface area contributed by atoms with Gasteiger partial charge in [0.05, 0.1) is 4.92 Å². The van der Waals surface area contributed by atoms with Crippen molar-refractivity contribution in [3.8, 4) is 0 Å². The summed E-state index contributed by atoms with van der Waals surface area (Å²) in [6, 6.07) is 2.56. The number of anilines is 1. The predicted octanol–water partition coefficient (Wildman–Crippen LogP) is 0.444. The smallest absolute Gasteiger partial charge is 0.287 e. The van der Waals surface area contributed by atoms with E-state index in [0.29, 0.717) is 18.8 Å². The zero-order chi connectivity index (χ0) is 12.4. The van der Waals surface area contributed by atoms with Crippen molar-refractivity contribution in [2.24, 2.45) is 5.73 Å². The molecule has 0 saturated carbocycles. The number of rotatable bonds is 3. The second-order valence-corrected chi connectivity index (χ2v) is 3.89. The van der Waals surface area contributed by atoms with Crippen LogP contribution >= 0.6 is 0 Å². The van der Waals surface area contributed by atoms with E-state index in [1.807, 2.05) is 0 Å². The van der Waals surface area contributed by atoms with Crippen molar-refractivity contribution >= 4 is 17.4 Å². The highest BCUT2D eigenvalue weighted by Gasteiger charge is 2.30. The third-order valence-corrected chi connectivity index (χ3v) is 2.82. The molecule has 7 heteroatoms. The normalized spacial score (nSPS) is 19.3. The van der Waals surface area contributed by atoms with Gasteiger partial charge in [0.25, 0.3) is 5.69 Å². The summed E-state index contributed by atoms with van der Waals surface area (Å²) in [6.07, 6.45) is 2.76. The second-order valence-electron chi connectivity index (χ2n) is 3.89. The standard InChI is InChI=1S/C10H12N4O3/c11-10(15)8-2-1-5-13(8)9-4-3-7(6-12-9)14(16)17/h3-4,6,8H,1-2,5H2,(H2,11,15)/t8-/m0/s1. The average Bonchev–Trinajstić information content (AvgIpc) is 2.78. The van der Waals surface area contributed by atoms with Gasteiger partial charge in [-0.05, 0) is 18.9 Å². The van der Waals surface area contributed by atoms with Gasteiger partial charge in [-0.25, -0.2) is 4.98 Å². The van der Waals surface area contributed by atoms with Gasteiger partial charge in [-0.1, -0.05) is 0 Å². The molecule has 90 valence electrons. The number of nitrogens with two attached hydrogens (primary N) is 1. The molecular weight excluding hydrogens is 224 g/mol. The van der Waals surface area contributed by atoms with Gasteiger partial charge in [0.1, 0.15) is 18.1 Å². The lowest BCUT2D eigenvalue weighted by molar-refractivity contribution is -0.385. The topological polar surface area (TPSA) is 102 Å². The van der Waals surface area contributed by atoms with E-state index in [9.17, 15) is 14.9 Å². The van der Waals surface area contributed by atoms with E-state index in [4.69, 9.17) is 5.73 Å². The fourth-order valence-corrected chi connectivity index (χ4v) is 1.99. The van der Waals surface area contributed by atoms with Crippen molar-refractivity contribution in [3.05, 3.63) is 28.4 Å². The summed E-state index contributed by atoms with van der Waals surface area (Å²) in [5.41, 5.74) is 5.22. The number of carbonyl (C=O) groups is 1. The molecule has 1 atom stereocenters. The molecule has 0 bridgehead atoms. The van der Waals surface area contributed by atoms with E-state index < -0.39 is 4.92 Å². The summed E-state index contributed by atoms with van der Waals surface area (Å²) in [6.45, 7) is 0.693. The lowest BCUT2D eigenvalue weighted by Crippen LogP contribution is -2.40. The maximum atomic E-state index is 11.2. The quantitative estimate of drug-likeness (QED) is 0.606. The van der Waals surface area contributed by atoms with Crippen LogP contribution in [0.5, 0.6) is 0 Å². The van der Waals surface area contributed by atoms with Crippen molar-refractivity contribution in [1.82, 2.24) is 4.98 Å². The van der Waals surface area contributed by atoms with Crippen LogP contribution in [0, 0.1) is 10.1 Å². The Morgan fingerprint density at radius 1 is 1.59 bits per heavy atom. The number of pyridine rings is 1. The van der Waals surface area contributed by atoms with Crippen LogP contribution in [0.15, 0.2) is 18.3 Å². The molecule has 0 aromatic carbocycles. The van der Waals surface area contributed by atoms with Crippen molar-refractivity contribution in [2.75, 3.05) is 11.4 Å². The summed E-state index contributed by atoms with van der Waals surface area (Å²) in [7, 11) is 0. The van der Waals surface area contributed by atoms with Gasteiger partial charge in [0, 0.05) is 12.6 Å². The van der Waals surface area contributed by atoms with Crippen LogP contribution in [-0.2, 0) is 4.79 Å². The van der Waals surface area contributed by atoms with Crippen LogP contribution in [0.3, 0.4) is 0 Å². The first-order valence-corrected chi connectivity index (χ1v) is 5.26. The van der Waals surface area contributed by atoms with Gasteiger partial charge < -0.3 is 10.6 Å². The van der Waals surface area contributed by atoms with E-state index in [0.717, 1.165) is 6.42 Å². The molecule has 1 saturated heterocycles. The van der Waals surface area contributed by atoms with Gasteiger partial charge in [-0.15, -0.1) is 0 Å². The number of hydrogen-bond donors (Lipinski definition) is 1. The van der Waals surface area contributed by atoms with E-state index in [1.54, 1.807) is 11.0 Å². The van der Waals surface area contributed by atoms with E-state index in [2.05, 4.69) is 4.98 Å². The number of aromatic nitrogens is 1. The summed E-state index contributed by atoms with van der Waals surface area (Å²) < 4.78 is 0. The lowest BCUT2D eigenvalue weighted by Gasteiger charge is -2.22. The third kappa shape index (κ3) is 2.17. The SMILES string of the molecule is NC(=O)[C@@H]1CCCN1c1ccc([N+](=O)[O-])cn1. The average molecular weight is 236 g/mol. The fourth-order valence-electron chi connectivity index (χ4n) is 1.99. The molecule has 1 aliphatic rings. The zero-order valence-electron chi connectivity index (χ0n) is 9.07. The first kappa shape index (κ1) is 11.3. The zero-order valence-corrected chi connectivity index (χ0v) is 9.07. The molecule has 0 aliphatic carbocycles. The highest BCUT2D eigenvalue weighted by molar-refractivity contribution is 5.83. The Morgan fingerprint density at radius 2 is 2.35 bits per heavy atom. The first-order valence-electron chi connectivity index (χ1n) is 5.26. The second kappa shape index (κ2) is 4.36. The van der Waals surface area contributed by atoms with Crippen LogP contribution in [0.1, 0.15) is 12.8 Å². The minimum absolute atomic E-state index is 0.0661. The third-order valence-electron chi connectivity index (χ3n) is 2.82. The largest absolute Gasteiger partial charge is 0.368 e. The summed E-state index contributed by atoms with van der Waals surface area (Å²) in [4.78, 5) is 27.0. The van der Waals surface area contributed by atoms with Crippen molar-refractivity contribution in [3.63, 3.8) is 0 Å². The Labute approximate surface area is 97.4 Å². The maximum Gasteiger partial charge on any atom is 0.287 e. The molecule has 1 aliphatic heterocycles. The summed E-state index contributed by atoms with van der Waals surface area (Å²) in [5.74, 6) is 0.166. The minimum atomic E-state index is -0.508. The molecule has 2 rings (SSSR count). The molecular formula is C10H12N4O3. The minimum Gasteiger partial charge on any atom is -0.368 e. The number of nitrogens with zero attached hydrogens (tertiary/aromatic N) is 3. The number of nitro groups is 1. The van der Waals surface area contributed by atoms with Gasteiger partial charge in [0.2, 0.25) is 5.91 Å². The summed E-state index contributed by atoms with van der Waals surface area (Å²) in [5, 5.41) is 10.5. The fraction of sp³-hybridized carbons (Fsp3) is 0.400. The Balaban J connectivity index is 2.22. The first-order chi connectivity index (χ1) is 8.09. The van der Waals surface area contributed by atoms with Gasteiger partial charge in [0.15, 0.2) is 0 Å². The van der Waals surface area contributed by atoms with Crippen molar-refractivity contribution < 1.29 is 9.72 Å². The molecule has 17 heavy (non-hydrogen) atoms. The van der Waals surface area contributed by atoms with Gasteiger partial charge in [-0.3, -0.25) is 14.9 Å². The highest BCUT2D eigenvalue weighted by Crippen LogP contribution is 2.24. The van der Waals surface area contributed by atoms with Crippen LogP contribution in [-0.4, -0.2) is 28.4 Å². The summed E-state index contributed by atoms with van der Waals surface area (Å²) >= 11 is 0. The molecule has 2 heterocycles. The van der Waals surface area contributed by atoms with Crippen LogP contribution in [0.4, 0.5) is 11.5 Å². The van der Waals surface area contributed by atoms with Crippen LogP contribution in [0.25, 0.3) is 0 Å². The van der Waals surface area contributed by atoms with Gasteiger partial charge >= 0.3 is 0 Å². The number of carbonyl (C=O) groups excluding carboxylic acids is 1. The maximum absolute atomic E-state index is 11.2. The van der Waals surface area contributed by atoms with E-state index in [1.165, 1.54) is 12.3 Å². The van der Waals surface area contributed by atoms with E-state index >= 15 is 0 Å². The molecule has 1 aromatic heterocycles. The van der Waals surface area contributed by atoms with Crippen LogP contribution in [0.2, 0.25) is 0 Å². The molecule has 1 fully saturated rings. The predicted molar refractivity (Wildman–Crippen MR) is 60.5 cm³/mol. The monoisotopic (exact) mass is 236 g/mol. The van der Waals surface area contributed by atoms with E-state index in [-0.39, 0.29) is 17.6 Å². The van der Waals surface area contributed by atoms with Crippen molar-refractivity contribution in [1.29, 1.82) is 0 Å². The number of amides is 1.